The molecule has 0 atom stereocenters. The third kappa shape index (κ3) is 13.0. The van der Waals surface area contributed by atoms with Gasteiger partial charge in [0.15, 0.2) is 9.84 Å². The Balaban J connectivity index is 3.60. The maximum absolute atomic E-state index is 11.8. The lowest BCUT2D eigenvalue weighted by Gasteiger charge is -2.21. The van der Waals surface area contributed by atoms with Crippen molar-refractivity contribution >= 4 is 27.6 Å². The number of carbonyl (C=O) groups excluding carboxylic acids is 1. The summed E-state index contributed by atoms with van der Waals surface area (Å²) in [5.74, 6) is -0.483. The molecule has 0 radical (unpaired) electrons. The summed E-state index contributed by atoms with van der Waals surface area (Å²) in [6.07, 6.45) is 0. The van der Waals surface area contributed by atoms with E-state index < -0.39 is 15.4 Å². The molecule has 0 aromatic carbocycles. The van der Waals surface area contributed by atoms with Gasteiger partial charge >= 0.3 is 5.97 Å². The molecule has 21 heavy (non-hydrogen) atoms. The largest absolute Gasteiger partial charge is 0.463 e. The van der Waals surface area contributed by atoms with Gasteiger partial charge in [0.05, 0.1) is 37.9 Å². The highest BCUT2D eigenvalue weighted by Gasteiger charge is 2.25. The molecule has 9 heteroatoms. The van der Waals surface area contributed by atoms with E-state index in [9.17, 15) is 13.2 Å². The molecule has 0 saturated heterocycles. The van der Waals surface area contributed by atoms with E-state index in [1.807, 2.05) is 0 Å². The Morgan fingerprint density at radius 2 is 1.62 bits per heavy atom. The van der Waals surface area contributed by atoms with Gasteiger partial charge < -0.3 is 14.2 Å². The molecular weight excluding hydrogens is 322 g/mol. The summed E-state index contributed by atoms with van der Waals surface area (Å²) in [6, 6.07) is 0. The van der Waals surface area contributed by atoms with Crippen LogP contribution in [0.1, 0.15) is 20.8 Å². The van der Waals surface area contributed by atoms with Crippen LogP contribution in [0.4, 0.5) is 0 Å². The van der Waals surface area contributed by atoms with Gasteiger partial charge in [-0.15, -0.1) is 0 Å². The maximum Gasteiger partial charge on any atom is 0.302 e. The average molecular weight is 346 g/mol. The summed E-state index contributed by atoms with van der Waals surface area (Å²) in [4.78, 5) is 12.9. The quantitative estimate of drug-likeness (QED) is 0.313. The first-order chi connectivity index (χ1) is 9.68. The van der Waals surface area contributed by atoms with Crippen molar-refractivity contribution in [2.24, 2.45) is 0 Å². The van der Waals surface area contributed by atoms with Crippen LogP contribution < -0.4 is 4.84 Å². The third-order valence-electron chi connectivity index (χ3n) is 2.28. The summed E-state index contributed by atoms with van der Waals surface area (Å²) in [5, 5.41) is 0. The van der Waals surface area contributed by atoms with Crippen molar-refractivity contribution in [1.82, 2.24) is 4.84 Å². The number of sulfone groups is 1. The van der Waals surface area contributed by atoms with E-state index in [0.29, 0.717) is 6.61 Å². The number of esters is 1. The van der Waals surface area contributed by atoms with Crippen molar-refractivity contribution in [3.63, 3.8) is 0 Å². The monoisotopic (exact) mass is 345 g/mol. The zero-order valence-electron chi connectivity index (χ0n) is 12.7. The first kappa shape index (κ1) is 20.6. The van der Waals surface area contributed by atoms with Crippen LogP contribution in [0.25, 0.3) is 0 Å². The van der Waals surface area contributed by atoms with Crippen LogP contribution in [0.3, 0.4) is 0 Å². The molecule has 0 rings (SSSR count). The number of hydrogen-bond donors (Lipinski definition) is 1. The van der Waals surface area contributed by atoms with Gasteiger partial charge in [0.25, 0.3) is 0 Å². The van der Waals surface area contributed by atoms with Crippen LogP contribution in [0.2, 0.25) is 0 Å². The van der Waals surface area contributed by atoms with Gasteiger partial charge in [-0.3, -0.25) is 4.79 Å². The van der Waals surface area contributed by atoms with Crippen molar-refractivity contribution in [2.45, 2.75) is 26.3 Å². The van der Waals surface area contributed by atoms with Gasteiger partial charge in [0.1, 0.15) is 6.61 Å². The molecule has 0 unspecified atom stereocenters. The van der Waals surface area contributed by atoms with E-state index in [4.69, 9.17) is 21.3 Å². The SMILES string of the molecule is CC(=O)OCCOCCOCCS(=O)(=O)CC(C)(C)NCl. The lowest BCUT2D eigenvalue weighted by Crippen LogP contribution is -2.41. The fraction of sp³-hybridized carbons (Fsp3) is 0.917. The number of rotatable bonds is 12. The normalized spacial score (nSPS) is 12.4. The van der Waals surface area contributed by atoms with Crippen LogP contribution in [-0.2, 0) is 28.8 Å². The Labute approximate surface area is 131 Å². The maximum atomic E-state index is 11.8. The number of nitrogens with one attached hydrogen (secondary N) is 1. The van der Waals surface area contributed by atoms with Gasteiger partial charge in [-0.1, -0.05) is 0 Å². The molecule has 0 spiro atoms. The predicted octanol–water partition coefficient (Wildman–Crippen LogP) is 0.520. The van der Waals surface area contributed by atoms with E-state index in [-0.39, 0.29) is 43.9 Å². The van der Waals surface area contributed by atoms with Crippen LogP contribution in [0.5, 0.6) is 0 Å². The Kier molecular flexibility index (Phi) is 10.1. The molecule has 0 aromatic rings. The van der Waals surface area contributed by atoms with Crippen molar-refractivity contribution in [3.8, 4) is 0 Å². The number of ether oxygens (including phenoxy) is 3. The van der Waals surface area contributed by atoms with Gasteiger partial charge in [-0.05, 0) is 25.6 Å². The van der Waals surface area contributed by atoms with Crippen LogP contribution in [0.15, 0.2) is 0 Å². The predicted molar refractivity (Wildman–Crippen MR) is 80.0 cm³/mol. The molecule has 0 fully saturated rings. The van der Waals surface area contributed by atoms with Crippen molar-refractivity contribution < 1.29 is 27.4 Å². The zero-order valence-corrected chi connectivity index (χ0v) is 14.3. The lowest BCUT2D eigenvalue weighted by atomic mass is 10.1. The van der Waals surface area contributed by atoms with E-state index in [0.717, 1.165) is 0 Å². The standard InChI is InChI=1S/C12H24ClNO6S/c1-11(15)20-7-6-18-4-5-19-8-9-21(16,17)10-12(2,3)14-13/h14H,4-10H2,1-3H3. The van der Waals surface area contributed by atoms with E-state index in [1.165, 1.54) is 6.92 Å². The summed E-state index contributed by atoms with van der Waals surface area (Å²) >= 11 is 5.47. The van der Waals surface area contributed by atoms with Gasteiger partial charge in [0.2, 0.25) is 0 Å². The molecule has 0 aliphatic carbocycles. The molecule has 0 aliphatic rings. The summed E-state index contributed by atoms with van der Waals surface area (Å²) in [5.41, 5.74) is -0.680. The molecule has 0 aromatic heterocycles. The van der Waals surface area contributed by atoms with Gasteiger partial charge in [-0.2, -0.15) is 0 Å². The third-order valence-corrected chi connectivity index (χ3v) is 4.74. The molecule has 7 nitrogen and oxygen atoms in total. The van der Waals surface area contributed by atoms with Crippen molar-refractivity contribution in [3.05, 3.63) is 0 Å². The first-order valence-corrected chi connectivity index (χ1v) is 8.75. The smallest absolute Gasteiger partial charge is 0.302 e. The topological polar surface area (TPSA) is 90.9 Å². The molecule has 126 valence electrons. The Morgan fingerprint density at radius 1 is 1.10 bits per heavy atom. The minimum Gasteiger partial charge on any atom is -0.463 e. The zero-order chi connectivity index (χ0) is 16.4. The second-order valence-corrected chi connectivity index (χ2v) is 7.51. The minimum absolute atomic E-state index is 0.0637. The van der Waals surface area contributed by atoms with Crippen molar-refractivity contribution in [2.75, 3.05) is 44.5 Å². The van der Waals surface area contributed by atoms with Crippen LogP contribution in [0, 0.1) is 0 Å². The highest BCUT2D eigenvalue weighted by Crippen LogP contribution is 2.08. The number of hydrogen-bond acceptors (Lipinski definition) is 7. The molecule has 0 bridgehead atoms. The van der Waals surface area contributed by atoms with Crippen LogP contribution in [-0.4, -0.2) is 64.5 Å². The summed E-state index contributed by atoms with van der Waals surface area (Å²) in [6.45, 7) is 5.92. The van der Waals surface area contributed by atoms with Gasteiger partial charge in [0, 0.05) is 12.5 Å². The van der Waals surface area contributed by atoms with E-state index in [1.54, 1.807) is 13.8 Å². The molecule has 0 saturated carbocycles. The minimum atomic E-state index is -3.23. The number of halogens is 1. The highest BCUT2D eigenvalue weighted by atomic mass is 35.5. The second-order valence-electron chi connectivity index (χ2n) is 5.14. The fourth-order valence-corrected chi connectivity index (χ4v) is 3.24. The Hall–Kier alpha value is -0.410. The Morgan fingerprint density at radius 3 is 2.14 bits per heavy atom. The van der Waals surface area contributed by atoms with Crippen LogP contribution >= 0.6 is 11.8 Å². The fourth-order valence-electron chi connectivity index (χ4n) is 1.40. The first-order valence-electron chi connectivity index (χ1n) is 6.55. The average Bonchev–Trinajstić information content (AvgIpc) is 2.35. The second kappa shape index (κ2) is 10.3. The summed E-state index contributed by atoms with van der Waals surface area (Å²) < 4.78 is 38.6. The van der Waals surface area contributed by atoms with E-state index in [2.05, 4.69) is 9.57 Å². The number of carbonyl (C=O) groups is 1. The van der Waals surface area contributed by atoms with Gasteiger partial charge in [-0.25, -0.2) is 13.3 Å². The highest BCUT2D eigenvalue weighted by molar-refractivity contribution is 7.91. The molecule has 1 N–H and O–H groups in total. The molecule has 0 amide bonds. The summed E-state index contributed by atoms with van der Waals surface area (Å²) in [7, 11) is -3.23. The molecule has 0 heterocycles. The van der Waals surface area contributed by atoms with Crippen molar-refractivity contribution in [1.29, 1.82) is 0 Å². The lowest BCUT2D eigenvalue weighted by molar-refractivity contribution is -0.142. The molecule has 0 aliphatic heterocycles. The van der Waals surface area contributed by atoms with E-state index >= 15 is 0 Å². The Bertz CT molecular complexity index is 399. The molecular formula is C12H24ClNO6S.